The van der Waals surface area contributed by atoms with Crippen molar-refractivity contribution < 1.29 is 9.90 Å². The molecule has 2 aromatic heterocycles. The van der Waals surface area contributed by atoms with E-state index < -0.39 is 0 Å². The fourth-order valence-corrected chi connectivity index (χ4v) is 3.02. The molecule has 0 saturated carbocycles. The molecule has 0 spiro atoms. The van der Waals surface area contributed by atoms with E-state index >= 15 is 0 Å². The fourth-order valence-electron chi connectivity index (χ4n) is 3.02. The van der Waals surface area contributed by atoms with E-state index in [9.17, 15) is 9.90 Å². The van der Waals surface area contributed by atoms with Crippen LogP contribution < -0.4 is 5.32 Å². The average Bonchev–Trinajstić information content (AvgIpc) is 3.03. The summed E-state index contributed by atoms with van der Waals surface area (Å²) in [5.41, 5.74) is 5.50. The number of nitrogens with zero attached hydrogens (tertiary/aromatic N) is 2. The summed E-state index contributed by atoms with van der Waals surface area (Å²) in [6.45, 7) is 4.00. The zero-order valence-electron chi connectivity index (χ0n) is 15.1. The number of hydrogen-bond acceptors (Lipinski definition) is 3. The second kappa shape index (κ2) is 6.61. The molecule has 2 aromatic carbocycles. The molecule has 4 aromatic rings. The predicted molar refractivity (Wildman–Crippen MR) is 106 cm³/mol. The number of phenolic OH excluding ortho intramolecular Hbond substituents is 1. The van der Waals surface area contributed by atoms with Crippen LogP contribution in [-0.4, -0.2) is 20.4 Å². The largest absolute Gasteiger partial charge is 0.508 e. The van der Waals surface area contributed by atoms with Gasteiger partial charge in [-0.25, -0.2) is 4.98 Å². The molecular formula is C22H19N3O2. The van der Waals surface area contributed by atoms with Crippen LogP contribution in [0.25, 0.3) is 16.9 Å². The van der Waals surface area contributed by atoms with Crippen LogP contribution in [0.1, 0.15) is 21.6 Å². The van der Waals surface area contributed by atoms with Crippen molar-refractivity contribution in [3.05, 3.63) is 83.7 Å². The molecule has 0 bridgehead atoms. The van der Waals surface area contributed by atoms with Crippen LogP contribution in [0.4, 0.5) is 5.69 Å². The van der Waals surface area contributed by atoms with Gasteiger partial charge < -0.3 is 10.4 Å². The average molecular weight is 357 g/mol. The van der Waals surface area contributed by atoms with E-state index in [0.29, 0.717) is 22.7 Å². The normalized spacial score (nSPS) is 10.9. The number of phenols is 1. The molecular weight excluding hydrogens is 338 g/mol. The molecule has 0 radical (unpaired) electrons. The van der Waals surface area contributed by atoms with Gasteiger partial charge in [0.2, 0.25) is 0 Å². The minimum Gasteiger partial charge on any atom is -0.508 e. The molecule has 2 N–H and O–H groups in total. The van der Waals surface area contributed by atoms with Gasteiger partial charge in [-0.3, -0.25) is 9.20 Å². The minimum atomic E-state index is -0.255. The maximum Gasteiger partial charge on any atom is 0.274 e. The number of carbonyl (C=O) groups excluding carboxylic acids is 1. The summed E-state index contributed by atoms with van der Waals surface area (Å²) in [5.74, 6) is -0.104. The van der Waals surface area contributed by atoms with Crippen molar-refractivity contribution in [2.75, 3.05) is 5.32 Å². The highest BCUT2D eigenvalue weighted by molar-refractivity contribution is 6.07. The van der Waals surface area contributed by atoms with Crippen LogP contribution in [0.2, 0.25) is 0 Å². The van der Waals surface area contributed by atoms with Gasteiger partial charge in [0.15, 0.2) is 0 Å². The first-order valence-corrected chi connectivity index (χ1v) is 8.67. The van der Waals surface area contributed by atoms with E-state index in [0.717, 1.165) is 16.7 Å². The lowest BCUT2D eigenvalue weighted by molar-refractivity contribution is 0.102. The van der Waals surface area contributed by atoms with E-state index in [4.69, 9.17) is 4.98 Å². The van der Waals surface area contributed by atoms with E-state index in [2.05, 4.69) is 5.32 Å². The first-order chi connectivity index (χ1) is 13.0. The van der Waals surface area contributed by atoms with Gasteiger partial charge >= 0.3 is 0 Å². The number of nitrogens with one attached hydrogen (secondary N) is 1. The molecule has 0 aliphatic heterocycles. The molecule has 5 heteroatoms. The number of aromatic hydroxyl groups is 1. The smallest absolute Gasteiger partial charge is 0.274 e. The van der Waals surface area contributed by atoms with Crippen LogP contribution in [0.15, 0.2) is 66.9 Å². The molecule has 0 fully saturated rings. The maximum absolute atomic E-state index is 13.1. The van der Waals surface area contributed by atoms with Gasteiger partial charge in [0.05, 0.1) is 0 Å². The number of fused-ring (bicyclic) bond motifs is 1. The molecule has 0 aliphatic rings. The molecule has 5 nitrogen and oxygen atoms in total. The number of aromatic nitrogens is 2. The Morgan fingerprint density at radius 1 is 0.926 bits per heavy atom. The SMILES string of the molecule is Cc1ccc(-c2nc3ccc(C)cn3c2C(=O)Nc2ccc(O)cc2)cc1. The topological polar surface area (TPSA) is 66.6 Å². The van der Waals surface area contributed by atoms with Crippen molar-refractivity contribution in [3.8, 4) is 17.0 Å². The van der Waals surface area contributed by atoms with Crippen LogP contribution in [0.3, 0.4) is 0 Å². The second-order valence-electron chi connectivity index (χ2n) is 6.61. The Kier molecular flexibility index (Phi) is 4.12. The monoisotopic (exact) mass is 357 g/mol. The van der Waals surface area contributed by atoms with E-state index in [-0.39, 0.29) is 11.7 Å². The Labute approximate surface area is 156 Å². The second-order valence-corrected chi connectivity index (χ2v) is 6.61. The summed E-state index contributed by atoms with van der Waals surface area (Å²) < 4.78 is 1.82. The van der Waals surface area contributed by atoms with Gasteiger partial charge in [-0.15, -0.1) is 0 Å². The number of anilines is 1. The minimum absolute atomic E-state index is 0.152. The van der Waals surface area contributed by atoms with Gasteiger partial charge in [0, 0.05) is 17.4 Å². The Balaban J connectivity index is 1.84. The van der Waals surface area contributed by atoms with Gasteiger partial charge in [0.1, 0.15) is 22.8 Å². The van der Waals surface area contributed by atoms with Crippen LogP contribution in [0.5, 0.6) is 5.75 Å². The number of carbonyl (C=O) groups is 1. The summed E-state index contributed by atoms with van der Waals surface area (Å²) in [6.07, 6.45) is 1.91. The first-order valence-electron chi connectivity index (χ1n) is 8.67. The number of imidazole rings is 1. The van der Waals surface area contributed by atoms with Crippen molar-refractivity contribution >= 4 is 17.2 Å². The Morgan fingerprint density at radius 2 is 1.59 bits per heavy atom. The van der Waals surface area contributed by atoms with E-state index in [1.165, 1.54) is 12.1 Å². The number of hydrogen-bond donors (Lipinski definition) is 2. The third-order valence-electron chi connectivity index (χ3n) is 4.43. The quantitative estimate of drug-likeness (QED) is 0.528. The summed E-state index contributed by atoms with van der Waals surface area (Å²) in [7, 11) is 0. The van der Waals surface area contributed by atoms with Crippen molar-refractivity contribution in [1.82, 2.24) is 9.38 Å². The van der Waals surface area contributed by atoms with E-state index in [1.54, 1.807) is 12.1 Å². The van der Waals surface area contributed by atoms with Crippen LogP contribution >= 0.6 is 0 Å². The summed E-state index contributed by atoms with van der Waals surface area (Å²) in [4.78, 5) is 17.8. The van der Waals surface area contributed by atoms with Crippen molar-refractivity contribution in [3.63, 3.8) is 0 Å². The number of pyridine rings is 1. The maximum atomic E-state index is 13.1. The molecule has 134 valence electrons. The molecule has 0 atom stereocenters. The van der Waals surface area contributed by atoms with Gasteiger partial charge in [0.25, 0.3) is 5.91 Å². The van der Waals surface area contributed by atoms with E-state index in [1.807, 2.05) is 60.8 Å². The highest BCUT2D eigenvalue weighted by Gasteiger charge is 2.21. The van der Waals surface area contributed by atoms with Crippen LogP contribution in [0, 0.1) is 13.8 Å². The third kappa shape index (κ3) is 3.27. The molecule has 0 unspecified atom stereocenters. The third-order valence-corrected chi connectivity index (χ3v) is 4.43. The molecule has 2 heterocycles. The standard InChI is InChI=1S/C22H19N3O2/c1-14-3-6-16(7-4-14)20-21(25-13-15(2)5-12-19(25)24-20)22(27)23-17-8-10-18(26)11-9-17/h3-13,26H,1-2H3,(H,23,27). The molecule has 1 amide bonds. The Bertz CT molecular complexity index is 1130. The molecule has 4 rings (SSSR count). The number of aryl methyl sites for hydroxylation is 2. The van der Waals surface area contributed by atoms with Crippen molar-refractivity contribution in [2.24, 2.45) is 0 Å². The number of benzene rings is 2. The van der Waals surface area contributed by atoms with Crippen molar-refractivity contribution in [2.45, 2.75) is 13.8 Å². The lowest BCUT2D eigenvalue weighted by Crippen LogP contribution is -2.15. The van der Waals surface area contributed by atoms with Gasteiger partial charge in [-0.1, -0.05) is 35.9 Å². The lowest BCUT2D eigenvalue weighted by atomic mass is 10.1. The van der Waals surface area contributed by atoms with Gasteiger partial charge in [-0.2, -0.15) is 0 Å². The lowest BCUT2D eigenvalue weighted by Gasteiger charge is -2.08. The molecule has 0 saturated heterocycles. The fraction of sp³-hybridized carbons (Fsp3) is 0.0909. The Morgan fingerprint density at radius 3 is 2.30 bits per heavy atom. The Hall–Kier alpha value is -3.60. The molecule has 0 aliphatic carbocycles. The summed E-state index contributed by atoms with van der Waals surface area (Å²) in [6, 6.07) is 18.2. The predicted octanol–water partition coefficient (Wildman–Crippen LogP) is 4.58. The highest BCUT2D eigenvalue weighted by Crippen LogP contribution is 2.26. The first kappa shape index (κ1) is 16.8. The summed E-state index contributed by atoms with van der Waals surface area (Å²) >= 11 is 0. The number of rotatable bonds is 3. The zero-order chi connectivity index (χ0) is 19.0. The molecule has 27 heavy (non-hydrogen) atoms. The summed E-state index contributed by atoms with van der Waals surface area (Å²) in [5, 5.41) is 12.3. The van der Waals surface area contributed by atoms with Crippen LogP contribution in [-0.2, 0) is 0 Å². The van der Waals surface area contributed by atoms with Gasteiger partial charge in [-0.05, 0) is 49.7 Å². The number of amides is 1. The highest BCUT2D eigenvalue weighted by atomic mass is 16.3. The zero-order valence-corrected chi connectivity index (χ0v) is 15.1. The van der Waals surface area contributed by atoms with Crippen molar-refractivity contribution in [1.29, 1.82) is 0 Å².